The highest BCUT2D eigenvalue weighted by molar-refractivity contribution is 6.08. The molecule has 0 amide bonds. The summed E-state index contributed by atoms with van der Waals surface area (Å²) in [4.78, 5) is 24.7. The van der Waals surface area contributed by atoms with Crippen molar-refractivity contribution >= 4 is 11.8 Å². The first-order valence-electron chi connectivity index (χ1n) is 10.7. The van der Waals surface area contributed by atoms with Crippen LogP contribution in [0.15, 0.2) is 66.7 Å². The Morgan fingerprint density at radius 1 is 0.812 bits per heavy atom. The maximum Gasteiger partial charge on any atom is 0.344 e. The van der Waals surface area contributed by atoms with Gasteiger partial charge in [-0.15, -0.1) is 0 Å². The Morgan fingerprint density at radius 2 is 1.38 bits per heavy atom. The number of hydrogen-bond donors (Lipinski definition) is 0. The summed E-state index contributed by atoms with van der Waals surface area (Å²) in [6.45, 7) is 10.7. The molecule has 0 fully saturated rings. The number of benzene rings is 3. The van der Waals surface area contributed by atoms with E-state index < -0.39 is 5.97 Å². The summed E-state index contributed by atoms with van der Waals surface area (Å²) in [5.74, 6) is 0.0152. The van der Waals surface area contributed by atoms with Gasteiger partial charge >= 0.3 is 5.97 Å². The molecule has 3 aromatic carbocycles. The van der Waals surface area contributed by atoms with E-state index in [0.29, 0.717) is 16.9 Å². The highest BCUT2D eigenvalue weighted by Gasteiger charge is 2.17. The highest BCUT2D eigenvalue weighted by atomic mass is 16.6. The van der Waals surface area contributed by atoms with Crippen molar-refractivity contribution in [1.29, 1.82) is 0 Å². The van der Waals surface area contributed by atoms with Crippen LogP contribution in [0.3, 0.4) is 0 Å². The Kier molecular flexibility index (Phi) is 7.14. The van der Waals surface area contributed by atoms with E-state index in [1.54, 1.807) is 36.4 Å². The van der Waals surface area contributed by atoms with Crippen molar-refractivity contribution in [1.82, 2.24) is 0 Å². The number of carbonyl (C=O) groups excluding carboxylic acids is 2. The van der Waals surface area contributed by atoms with E-state index in [4.69, 9.17) is 9.47 Å². The summed E-state index contributed by atoms with van der Waals surface area (Å²) in [6.07, 6.45) is 0. The zero-order chi connectivity index (χ0) is 23.3. The van der Waals surface area contributed by atoms with Crippen LogP contribution in [0.25, 0.3) is 0 Å². The van der Waals surface area contributed by atoms with Gasteiger partial charge in [-0.25, -0.2) is 4.79 Å². The molecule has 0 radical (unpaired) electrons. The average Bonchev–Trinajstić information content (AvgIpc) is 2.77. The molecule has 4 nitrogen and oxygen atoms in total. The van der Waals surface area contributed by atoms with Crippen LogP contribution >= 0.6 is 0 Å². The molecule has 0 saturated carbocycles. The minimum absolute atomic E-state index is 0.0558. The van der Waals surface area contributed by atoms with Crippen molar-refractivity contribution in [3.05, 3.63) is 100 Å². The van der Waals surface area contributed by atoms with E-state index in [1.165, 1.54) is 5.56 Å². The van der Waals surface area contributed by atoms with Crippen molar-refractivity contribution in [3.8, 4) is 5.75 Å². The Morgan fingerprint density at radius 3 is 1.94 bits per heavy atom. The van der Waals surface area contributed by atoms with Crippen LogP contribution in [-0.2, 0) is 21.6 Å². The topological polar surface area (TPSA) is 52.6 Å². The number of ether oxygens (including phenoxy) is 2. The Hall–Kier alpha value is -3.40. The second kappa shape index (κ2) is 9.82. The van der Waals surface area contributed by atoms with E-state index in [1.807, 2.05) is 32.0 Å². The smallest absolute Gasteiger partial charge is 0.344 e. The third-order valence-corrected chi connectivity index (χ3v) is 5.45. The van der Waals surface area contributed by atoms with Gasteiger partial charge in [0, 0.05) is 11.1 Å². The highest BCUT2D eigenvalue weighted by Crippen LogP contribution is 2.27. The van der Waals surface area contributed by atoms with E-state index >= 15 is 0 Å². The maximum absolute atomic E-state index is 12.5. The van der Waals surface area contributed by atoms with Gasteiger partial charge in [0.1, 0.15) is 12.4 Å². The summed E-state index contributed by atoms with van der Waals surface area (Å²) in [5, 5.41) is 0. The molecule has 4 heteroatoms. The van der Waals surface area contributed by atoms with Gasteiger partial charge in [-0.05, 0) is 65.8 Å². The third kappa shape index (κ3) is 5.85. The number of carbonyl (C=O) groups is 2. The van der Waals surface area contributed by atoms with Crippen molar-refractivity contribution < 1.29 is 19.1 Å². The number of esters is 1. The van der Waals surface area contributed by atoms with Gasteiger partial charge in [0.15, 0.2) is 12.4 Å². The predicted octanol–water partition coefficient (Wildman–Crippen LogP) is 5.95. The molecule has 0 aromatic heterocycles. The Bertz CT molecular complexity index is 1070. The van der Waals surface area contributed by atoms with Gasteiger partial charge in [-0.3, -0.25) is 4.79 Å². The second-order valence-electron chi connectivity index (χ2n) is 9.01. The molecule has 0 heterocycles. The largest absolute Gasteiger partial charge is 0.482 e. The van der Waals surface area contributed by atoms with Gasteiger partial charge < -0.3 is 9.47 Å². The fourth-order valence-electron chi connectivity index (χ4n) is 3.45. The molecule has 0 unspecified atom stereocenters. The van der Waals surface area contributed by atoms with Gasteiger partial charge in [0.05, 0.1) is 0 Å². The molecule has 3 aromatic rings. The van der Waals surface area contributed by atoms with Gasteiger partial charge in [0.2, 0.25) is 0 Å². The Labute approximate surface area is 190 Å². The standard InChI is InChI=1S/C28H30O4/c1-19-15-23(28(3,4)5)16-20(2)25(19)17-32-26(29)18-31-24-13-11-22(12-14-24)27(30)21-9-7-6-8-10-21/h6-16H,17-18H2,1-5H3. The molecule has 0 bridgehead atoms. The van der Waals surface area contributed by atoms with Crippen LogP contribution in [0.1, 0.15) is 58.9 Å². The summed E-state index contributed by atoms with van der Waals surface area (Å²) in [5.41, 5.74) is 5.78. The van der Waals surface area contributed by atoms with E-state index in [2.05, 4.69) is 32.9 Å². The molecule has 0 atom stereocenters. The Balaban J connectivity index is 1.54. The summed E-state index contributed by atoms with van der Waals surface area (Å²) in [6, 6.07) is 20.2. The normalized spacial score (nSPS) is 11.2. The fourth-order valence-corrected chi connectivity index (χ4v) is 3.45. The summed E-state index contributed by atoms with van der Waals surface area (Å²) >= 11 is 0. The van der Waals surface area contributed by atoms with Gasteiger partial charge in [-0.2, -0.15) is 0 Å². The summed E-state index contributed by atoms with van der Waals surface area (Å²) in [7, 11) is 0. The minimum atomic E-state index is -0.437. The molecule has 0 N–H and O–H groups in total. The molecule has 0 aliphatic rings. The third-order valence-electron chi connectivity index (χ3n) is 5.45. The zero-order valence-electron chi connectivity index (χ0n) is 19.4. The molecule has 32 heavy (non-hydrogen) atoms. The molecular formula is C28H30O4. The molecule has 166 valence electrons. The van der Waals surface area contributed by atoms with Crippen LogP contribution in [0.2, 0.25) is 0 Å². The van der Waals surface area contributed by atoms with Gasteiger partial charge in [-0.1, -0.05) is 63.2 Å². The molecule has 0 aliphatic heterocycles. The van der Waals surface area contributed by atoms with Crippen LogP contribution in [-0.4, -0.2) is 18.4 Å². The number of hydrogen-bond acceptors (Lipinski definition) is 4. The van der Waals surface area contributed by atoms with Crippen LogP contribution < -0.4 is 4.74 Å². The molecular weight excluding hydrogens is 400 g/mol. The zero-order valence-corrected chi connectivity index (χ0v) is 19.4. The number of aryl methyl sites for hydroxylation is 2. The molecule has 0 saturated heterocycles. The monoisotopic (exact) mass is 430 g/mol. The SMILES string of the molecule is Cc1cc(C(C)(C)C)cc(C)c1COC(=O)COc1ccc(C(=O)c2ccccc2)cc1. The predicted molar refractivity (Wildman–Crippen MR) is 126 cm³/mol. The van der Waals surface area contributed by atoms with Crippen molar-refractivity contribution in [2.75, 3.05) is 6.61 Å². The molecule has 0 spiro atoms. The minimum Gasteiger partial charge on any atom is -0.482 e. The number of ketones is 1. The van der Waals surface area contributed by atoms with E-state index in [-0.39, 0.29) is 24.4 Å². The van der Waals surface area contributed by atoms with Crippen molar-refractivity contribution in [3.63, 3.8) is 0 Å². The first kappa shape index (κ1) is 23.3. The van der Waals surface area contributed by atoms with Crippen LogP contribution in [0.4, 0.5) is 0 Å². The van der Waals surface area contributed by atoms with E-state index in [9.17, 15) is 9.59 Å². The fraction of sp³-hybridized carbons (Fsp3) is 0.286. The first-order chi connectivity index (χ1) is 15.1. The second-order valence-corrected chi connectivity index (χ2v) is 9.01. The van der Waals surface area contributed by atoms with Crippen LogP contribution in [0, 0.1) is 13.8 Å². The van der Waals surface area contributed by atoms with E-state index in [0.717, 1.165) is 16.7 Å². The molecule has 0 aliphatic carbocycles. The lowest BCUT2D eigenvalue weighted by molar-refractivity contribution is -0.147. The average molecular weight is 431 g/mol. The van der Waals surface area contributed by atoms with Crippen molar-refractivity contribution in [2.24, 2.45) is 0 Å². The lowest BCUT2D eigenvalue weighted by atomic mass is 9.84. The maximum atomic E-state index is 12.5. The van der Waals surface area contributed by atoms with Crippen molar-refractivity contribution in [2.45, 2.75) is 46.6 Å². The van der Waals surface area contributed by atoms with Gasteiger partial charge in [0.25, 0.3) is 0 Å². The molecule has 3 rings (SSSR count). The number of rotatable bonds is 7. The lowest BCUT2D eigenvalue weighted by Crippen LogP contribution is -2.16. The lowest BCUT2D eigenvalue weighted by Gasteiger charge is -2.22. The van der Waals surface area contributed by atoms with Crippen LogP contribution in [0.5, 0.6) is 5.75 Å². The quantitative estimate of drug-likeness (QED) is 0.343. The first-order valence-corrected chi connectivity index (χ1v) is 10.7. The summed E-state index contributed by atoms with van der Waals surface area (Å²) < 4.78 is 11.0.